The zero-order valence-electron chi connectivity index (χ0n) is 9.61. The van der Waals surface area contributed by atoms with Crippen molar-refractivity contribution in [3.63, 3.8) is 0 Å². The fourth-order valence-corrected chi connectivity index (χ4v) is 1.69. The molecule has 0 spiro atoms. The number of methoxy groups -OCH3 is 2. The van der Waals surface area contributed by atoms with Gasteiger partial charge in [0.15, 0.2) is 0 Å². The molecule has 0 aliphatic carbocycles. The summed E-state index contributed by atoms with van der Waals surface area (Å²) < 4.78 is 24.2. The highest BCUT2D eigenvalue weighted by Gasteiger charge is 2.15. The van der Waals surface area contributed by atoms with Gasteiger partial charge in [-0.1, -0.05) is 6.07 Å². The van der Waals surface area contributed by atoms with Crippen LogP contribution in [-0.4, -0.2) is 19.2 Å². The van der Waals surface area contributed by atoms with Crippen molar-refractivity contribution in [3.05, 3.63) is 42.5 Å². The van der Waals surface area contributed by atoms with Gasteiger partial charge in [0.2, 0.25) is 0 Å². The van der Waals surface area contributed by atoms with Crippen LogP contribution in [0.5, 0.6) is 11.5 Å². The minimum absolute atomic E-state index is 0.407. The molecular weight excluding hydrogens is 221 g/mol. The maximum absolute atomic E-state index is 13.7. The largest absolute Gasteiger partial charge is 0.496 e. The Kier molecular flexibility index (Phi) is 3.23. The van der Waals surface area contributed by atoms with E-state index in [4.69, 9.17) is 9.47 Å². The molecule has 0 aliphatic rings. The maximum atomic E-state index is 13.7. The van der Waals surface area contributed by atoms with Crippen LogP contribution in [0.15, 0.2) is 36.7 Å². The third-order valence-corrected chi connectivity index (χ3v) is 2.47. The summed E-state index contributed by atoms with van der Waals surface area (Å²) in [6.45, 7) is 0. The number of benzene rings is 1. The lowest BCUT2D eigenvalue weighted by atomic mass is 10.0. The molecule has 0 N–H and O–H groups in total. The average Bonchev–Trinajstić information content (AvgIpc) is 2.38. The Hall–Kier alpha value is -2.10. The number of pyridine rings is 1. The third-order valence-electron chi connectivity index (χ3n) is 2.47. The van der Waals surface area contributed by atoms with E-state index in [9.17, 15) is 4.39 Å². The van der Waals surface area contributed by atoms with Gasteiger partial charge in [0.25, 0.3) is 0 Å². The monoisotopic (exact) mass is 233 g/mol. The number of hydrogen-bond donors (Lipinski definition) is 0. The Morgan fingerprint density at radius 3 is 2.24 bits per heavy atom. The molecule has 2 aromatic rings. The van der Waals surface area contributed by atoms with Crippen molar-refractivity contribution in [2.75, 3.05) is 14.2 Å². The Morgan fingerprint density at radius 1 is 1.06 bits per heavy atom. The van der Waals surface area contributed by atoms with E-state index in [1.54, 1.807) is 24.3 Å². The summed E-state index contributed by atoms with van der Waals surface area (Å²) in [5, 5.41) is 0. The molecule has 0 saturated carbocycles. The van der Waals surface area contributed by atoms with Gasteiger partial charge in [0, 0.05) is 11.8 Å². The number of hydrogen-bond acceptors (Lipinski definition) is 3. The van der Waals surface area contributed by atoms with Crippen molar-refractivity contribution in [3.8, 4) is 22.6 Å². The van der Waals surface area contributed by atoms with Crippen LogP contribution < -0.4 is 9.47 Å². The second-order valence-corrected chi connectivity index (χ2v) is 3.39. The molecule has 1 aromatic carbocycles. The van der Waals surface area contributed by atoms with Gasteiger partial charge in [-0.05, 0) is 18.2 Å². The third kappa shape index (κ3) is 2.06. The van der Waals surface area contributed by atoms with Gasteiger partial charge < -0.3 is 9.47 Å². The highest BCUT2D eigenvalue weighted by molar-refractivity contribution is 5.76. The summed E-state index contributed by atoms with van der Waals surface area (Å²) in [6.07, 6.45) is 2.70. The predicted octanol–water partition coefficient (Wildman–Crippen LogP) is 2.90. The Labute approximate surface area is 98.8 Å². The molecule has 3 nitrogen and oxygen atoms in total. The minimum atomic E-state index is -0.407. The predicted molar refractivity (Wildman–Crippen MR) is 62.7 cm³/mol. The molecule has 0 unspecified atom stereocenters. The van der Waals surface area contributed by atoms with Gasteiger partial charge in [0.05, 0.1) is 26.0 Å². The number of nitrogens with zero attached hydrogens (tertiary/aromatic N) is 1. The topological polar surface area (TPSA) is 31.4 Å². The van der Waals surface area contributed by atoms with Crippen molar-refractivity contribution < 1.29 is 13.9 Å². The zero-order valence-corrected chi connectivity index (χ0v) is 9.61. The van der Waals surface area contributed by atoms with E-state index in [1.165, 1.54) is 26.6 Å². The lowest BCUT2D eigenvalue weighted by molar-refractivity contribution is 0.397. The molecule has 0 fully saturated rings. The summed E-state index contributed by atoms with van der Waals surface area (Å²) >= 11 is 0. The van der Waals surface area contributed by atoms with Crippen molar-refractivity contribution in [1.29, 1.82) is 0 Å². The van der Waals surface area contributed by atoms with Crippen LogP contribution in [0.2, 0.25) is 0 Å². The van der Waals surface area contributed by atoms with Crippen LogP contribution in [0.25, 0.3) is 11.1 Å². The van der Waals surface area contributed by atoms with Gasteiger partial charge in [-0.25, -0.2) is 4.39 Å². The fraction of sp³-hybridized carbons (Fsp3) is 0.154. The standard InChI is InChI=1S/C13H12FNO2/c1-16-11-4-3-5-12(17-2)13(11)9-6-7-15-8-10(9)14/h3-8H,1-2H3. The summed E-state index contributed by atoms with van der Waals surface area (Å²) in [4.78, 5) is 3.72. The van der Waals surface area contributed by atoms with Crippen LogP contribution in [0.1, 0.15) is 0 Å². The van der Waals surface area contributed by atoms with E-state index in [0.29, 0.717) is 22.6 Å². The van der Waals surface area contributed by atoms with Gasteiger partial charge >= 0.3 is 0 Å². The molecule has 17 heavy (non-hydrogen) atoms. The molecule has 0 bridgehead atoms. The SMILES string of the molecule is COc1cccc(OC)c1-c1ccncc1F. The van der Waals surface area contributed by atoms with Crippen molar-refractivity contribution >= 4 is 0 Å². The minimum Gasteiger partial charge on any atom is -0.496 e. The zero-order chi connectivity index (χ0) is 12.3. The lowest BCUT2D eigenvalue weighted by Crippen LogP contribution is -1.95. The van der Waals surface area contributed by atoms with Crippen molar-refractivity contribution in [2.45, 2.75) is 0 Å². The van der Waals surface area contributed by atoms with Crippen LogP contribution in [0.4, 0.5) is 4.39 Å². The highest BCUT2D eigenvalue weighted by atomic mass is 19.1. The summed E-state index contributed by atoms with van der Waals surface area (Å²) in [6, 6.07) is 6.91. The van der Waals surface area contributed by atoms with Crippen LogP contribution in [-0.2, 0) is 0 Å². The van der Waals surface area contributed by atoms with Crippen LogP contribution in [0, 0.1) is 5.82 Å². The molecule has 0 amide bonds. The van der Waals surface area contributed by atoms with E-state index >= 15 is 0 Å². The molecule has 0 aliphatic heterocycles. The molecule has 0 radical (unpaired) electrons. The van der Waals surface area contributed by atoms with Gasteiger partial charge in [0.1, 0.15) is 17.3 Å². The van der Waals surface area contributed by atoms with Crippen molar-refractivity contribution in [1.82, 2.24) is 4.98 Å². The van der Waals surface area contributed by atoms with E-state index in [0.717, 1.165) is 0 Å². The Balaban J connectivity index is 2.69. The van der Waals surface area contributed by atoms with Gasteiger partial charge in [-0.3, -0.25) is 4.98 Å². The average molecular weight is 233 g/mol. The molecule has 1 heterocycles. The molecule has 0 saturated heterocycles. The lowest BCUT2D eigenvalue weighted by Gasteiger charge is -2.13. The Bertz CT molecular complexity index is 506. The van der Waals surface area contributed by atoms with E-state index in [2.05, 4.69) is 4.98 Å². The fourth-order valence-electron chi connectivity index (χ4n) is 1.69. The number of aromatic nitrogens is 1. The highest BCUT2D eigenvalue weighted by Crippen LogP contribution is 2.38. The molecule has 88 valence electrons. The van der Waals surface area contributed by atoms with E-state index < -0.39 is 5.82 Å². The van der Waals surface area contributed by atoms with Crippen molar-refractivity contribution in [2.24, 2.45) is 0 Å². The first-order valence-corrected chi connectivity index (χ1v) is 5.08. The molecule has 2 rings (SSSR count). The quantitative estimate of drug-likeness (QED) is 0.816. The van der Waals surface area contributed by atoms with E-state index in [-0.39, 0.29) is 0 Å². The number of rotatable bonds is 3. The molecule has 1 aromatic heterocycles. The second kappa shape index (κ2) is 4.82. The maximum Gasteiger partial charge on any atom is 0.149 e. The normalized spacial score (nSPS) is 10.1. The van der Waals surface area contributed by atoms with Crippen LogP contribution >= 0.6 is 0 Å². The summed E-state index contributed by atoms with van der Waals surface area (Å²) in [5.41, 5.74) is 1.01. The van der Waals surface area contributed by atoms with Crippen LogP contribution in [0.3, 0.4) is 0 Å². The molecule has 4 heteroatoms. The van der Waals surface area contributed by atoms with Gasteiger partial charge in [-0.15, -0.1) is 0 Å². The molecular formula is C13H12FNO2. The Morgan fingerprint density at radius 2 is 1.71 bits per heavy atom. The van der Waals surface area contributed by atoms with E-state index in [1.807, 2.05) is 0 Å². The smallest absolute Gasteiger partial charge is 0.149 e. The first-order valence-electron chi connectivity index (χ1n) is 5.08. The first-order chi connectivity index (χ1) is 8.27. The second-order valence-electron chi connectivity index (χ2n) is 3.39. The number of ether oxygens (including phenoxy) is 2. The van der Waals surface area contributed by atoms with Gasteiger partial charge in [-0.2, -0.15) is 0 Å². The summed E-state index contributed by atoms with van der Waals surface area (Å²) in [5.74, 6) is 0.721. The molecule has 0 atom stereocenters. The first kappa shape index (κ1) is 11.4. The summed E-state index contributed by atoms with van der Waals surface area (Å²) in [7, 11) is 3.08. The number of halogens is 1.